The Labute approximate surface area is 80.9 Å². The molecule has 0 saturated carbocycles. The van der Waals surface area contributed by atoms with Crippen LogP contribution in [0.3, 0.4) is 0 Å². The Kier molecular flexibility index (Phi) is 7.38. The summed E-state index contributed by atoms with van der Waals surface area (Å²) < 4.78 is 10.5. The third-order valence-corrected chi connectivity index (χ3v) is 1.20. The van der Waals surface area contributed by atoms with Crippen LogP contribution in [0.1, 0.15) is 27.7 Å². The predicted octanol–water partition coefficient (Wildman–Crippen LogP) is 2.36. The molecular formula is C11H18O2. The lowest BCUT2D eigenvalue weighted by atomic mass is 10.3. The van der Waals surface area contributed by atoms with Crippen LogP contribution in [0.2, 0.25) is 0 Å². The maximum absolute atomic E-state index is 5.24. The lowest BCUT2D eigenvalue weighted by molar-refractivity contribution is -0.0969. The van der Waals surface area contributed by atoms with Crippen LogP contribution in [0.25, 0.3) is 0 Å². The van der Waals surface area contributed by atoms with Crippen molar-refractivity contribution >= 4 is 0 Å². The maximum atomic E-state index is 5.24. The summed E-state index contributed by atoms with van der Waals surface area (Å²) >= 11 is 0. The second kappa shape index (κ2) is 7.85. The minimum absolute atomic E-state index is 0.384. The molecule has 0 radical (unpaired) electrons. The molecule has 0 bridgehead atoms. The number of hydrogen-bond acceptors (Lipinski definition) is 2. The molecule has 0 aliphatic heterocycles. The molecule has 0 aliphatic rings. The minimum Gasteiger partial charge on any atom is -0.342 e. The molecule has 0 aliphatic carbocycles. The maximum Gasteiger partial charge on any atom is 0.222 e. The van der Waals surface area contributed by atoms with Crippen LogP contribution in [0, 0.1) is 11.8 Å². The lowest BCUT2D eigenvalue weighted by Crippen LogP contribution is -2.14. The van der Waals surface area contributed by atoms with E-state index in [9.17, 15) is 0 Å². The Bertz CT molecular complexity index is 198. The van der Waals surface area contributed by atoms with Crippen molar-refractivity contribution in [2.45, 2.75) is 34.0 Å². The summed E-state index contributed by atoms with van der Waals surface area (Å²) in [5.41, 5.74) is 1.18. The van der Waals surface area contributed by atoms with E-state index in [1.807, 2.05) is 33.8 Å². The zero-order valence-corrected chi connectivity index (χ0v) is 8.89. The number of allylic oxidation sites excluding steroid dienone is 2. The quantitative estimate of drug-likeness (QED) is 0.491. The highest BCUT2D eigenvalue weighted by Gasteiger charge is 2.00. The van der Waals surface area contributed by atoms with Crippen molar-refractivity contribution in [2.75, 3.05) is 13.2 Å². The molecule has 0 aromatic carbocycles. The van der Waals surface area contributed by atoms with Crippen molar-refractivity contribution in [3.8, 4) is 11.8 Å². The van der Waals surface area contributed by atoms with E-state index in [-0.39, 0.29) is 6.29 Å². The number of ether oxygens (including phenoxy) is 2. The highest BCUT2D eigenvalue weighted by Crippen LogP contribution is 1.93. The molecule has 0 aromatic rings. The van der Waals surface area contributed by atoms with Crippen molar-refractivity contribution in [1.29, 1.82) is 0 Å². The lowest BCUT2D eigenvalue weighted by Gasteiger charge is -2.09. The van der Waals surface area contributed by atoms with Gasteiger partial charge in [0.05, 0.1) is 0 Å². The van der Waals surface area contributed by atoms with Gasteiger partial charge in [0, 0.05) is 13.2 Å². The van der Waals surface area contributed by atoms with Crippen LogP contribution in [-0.4, -0.2) is 19.5 Å². The summed E-state index contributed by atoms with van der Waals surface area (Å²) in [6.45, 7) is 9.10. The average Bonchev–Trinajstić information content (AvgIpc) is 2.04. The van der Waals surface area contributed by atoms with Gasteiger partial charge in [-0.3, -0.25) is 0 Å². The summed E-state index contributed by atoms with van der Waals surface area (Å²) in [6, 6.07) is 0. The molecule has 2 nitrogen and oxygen atoms in total. The molecule has 13 heavy (non-hydrogen) atoms. The van der Waals surface area contributed by atoms with E-state index in [1.54, 1.807) is 0 Å². The van der Waals surface area contributed by atoms with Crippen LogP contribution < -0.4 is 0 Å². The molecule has 0 saturated heterocycles. The Morgan fingerprint density at radius 1 is 1.23 bits per heavy atom. The van der Waals surface area contributed by atoms with Gasteiger partial charge >= 0.3 is 0 Å². The van der Waals surface area contributed by atoms with E-state index < -0.39 is 0 Å². The van der Waals surface area contributed by atoms with Gasteiger partial charge in [0.15, 0.2) is 0 Å². The van der Waals surface area contributed by atoms with Crippen molar-refractivity contribution in [1.82, 2.24) is 0 Å². The van der Waals surface area contributed by atoms with Gasteiger partial charge in [-0.15, -0.1) is 0 Å². The Balaban J connectivity index is 4.04. The van der Waals surface area contributed by atoms with Crippen LogP contribution >= 0.6 is 0 Å². The van der Waals surface area contributed by atoms with Crippen molar-refractivity contribution in [2.24, 2.45) is 0 Å². The summed E-state index contributed by atoms with van der Waals surface area (Å²) in [7, 11) is 0. The normalized spacial score (nSPS) is 9.31. The van der Waals surface area contributed by atoms with E-state index in [4.69, 9.17) is 9.47 Å². The van der Waals surface area contributed by atoms with Gasteiger partial charge in [-0.2, -0.15) is 0 Å². The second-order valence-corrected chi connectivity index (χ2v) is 2.75. The molecule has 0 fully saturated rings. The average molecular weight is 182 g/mol. The minimum atomic E-state index is -0.384. The molecule has 0 rings (SSSR count). The van der Waals surface area contributed by atoms with E-state index in [0.29, 0.717) is 13.2 Å². The molecule has 0 unspecified atom stereocenters. The molecule has 74 valence electrons. The molecule has 0 aromatic heterocycles. The standard InChI is InChI=1S/C11H18O2/c1-5-12-11(13-6-2)9-7-8-10(3)4/h8,11H,5-6H2,1-4H3. The van der Waals surface area contributed by atoms with Gasteiger partial charge in [-0.1, -0.05) is 11.5 Å². The molecule has 0 heterocycles. The van der Waals surface area contributed by atoms with Gasteiger partial charge in [-0.25, -0.2) is 0 Å². The first-order valence-electron chi connectivity index (χ1n) is 4.58. The van der Waals surface area contributed by atoms with Crippen LogP contribution in [0.15, 0.2) is 11.6 Å². The summed E-state index contributed by atoms with van der Waals surface area (Å²) in [6.07, 6.45) is 1.47. The first-order valence-corrected chi connectivity index (χ1v) is 4.58. The molecular weight excluding hydrogens is 164 g/mol. The molecule has 0 amide bonds. The summed E-state index contributed by atoms with van der Waals surface area (Å²) in [4.78, 5) is 0. The number of hydrogen-bond donors (Lipinski definition) is 0. The van der Waals surface area contributed by atoms with Crippen molar-refractivity contribution in [3.05, 3.63) is 11.6 Å². The van der Waals surface area contributed by atoms with Crippen LogP contribution in [-0.2, 0) is 9.47 Å². The first kappa shape index (κ1) is 12.2. The van der Waals surface area contributed by atoms with E-state index in [2.05, 4.69) is 11.8 Å². The van der Waals surface area contributed by atoms with E-state index in [0.717, 1.165) is 0 Å². The van der Waals surface area contributed by atoms with Gasteiger partial charge in [-0.05, 0) is 39.7 Å². The largest absolute Gasteiger partial charge is 0.342 e. The molecule has 0 spiro atoms. The Morgan fingerprint density at radius 2 is 1.77 bits per heavy atom. The van der Waals surface area contributed by atoms with Gasteiger partial charge in [0.1, 0.15) is 0 Å². The monoisotopic (exact) mass is 182 g/mol. The fourth-order valence-corrected chi connectivity index (χ4v) is 0.688. The van der Waals surface area contributed by atoms with Crippen molar-refractivity contribution in [3.63, 3.8) is 0 Å². The van der Waals surface area contributed by atoms with Crippen LogP contribution in [0.5, 0.6) is 0 Å². The fraction of sp³-hybridized carbons (Fsp3) is 0.636. The zero-order valence-electron chi connectivity index (χ0n) is 8.89. The molecule has 0 N–H and O–H groups in total. The molecule has 0 atom stereocenters. The fourth-order valence-electron chi connectivity index (χ4n) is 0.688. The van der Waals surface area contributed by atoms with Crippen LogP contribution in [0.4, 0.5) is 0 Å². The highest BCUT2D eigenvalue weighted by atomic mass is 16.7. The predicted molar refractivity (Wildman–Crippen MR) is 54.2 cm³/mol. The Morgan fingerprint density at radius 3 is 2.15 bits per heavy atom. The Hall–Kier alpha value is -0.780. The van der Waals surface area contributed by atoms with E-state index in [1.165, 1.54) is 5.57 Å². The summed E-state index contributed by atoms with van der Waals surface area (Å²) in [5.74, 6) is 5.77. The molecule has 2 heteroatoms. The third-order valence-electron chi connectivity index (χ3n) is 1.20. The van der Waals surface area contributed by atoms with Gasteiger partial charge < -0.3 is 9.47 Å². The van der Waals surface area contributed by atoms with Gasteiger partial charge in [0.25, 0.3) is 0 Å². The van der Waals surface area contributed by atoms with E-state index >= 15 is 0 Å². The number of rotatable bonds is 4. The first-order chi connectivity index (χ1) is 6.20. The topological polar surface area (TPSA) is 18.5 Å². The van der Waals surface area contributed by atoms with Crippen molar-refractivity contribution < 1.29 is 9.47 Å². The smallest absolute Gasteiger partial charge is 0.222 e. The summed E-state index contributed by atoms with van der Waals surface area (Å²) in [5, 5.41) is 0. The third kappa shape index (κ3) is 7.58. The highest BCUT2D eigenvalue weighted by molar-refractivity contribution is 5.19. The second-order valence-electron chi connectivity index (χ2n) is 2.75. The zero-order chi connectivity index (χ0) is 10.1. The van der Waals surface area contributed by atoms with Gasteiger partial charge in [0.2, 0.25) is 6.29 Å². The SMILES string of the molecule is CCOC(C#CC=C(C)C)OCC.